The van der Waals surface area contributed by atoms with Gasteiger partial charge in [0.1, 0.15) is 11.2 Å². The molecule has 0 unspecified atom stereocenters. The number of hydrogen-bond donors (Lipinski definition) is 0. The molecule has 2 aliphatic carbocycles. The average Bonchev–Trinajstić information content (AvgIpc) is 2.63. The third-order valence-electron chi connectivity index (χ3n) is 4.99. The van der Waals surface area contributed by atoms with Gasteiger partial charge in [0.2, 0.25) is 0 Å². The van der Waals surface area contributed by atoms with Crippen LogP contribution in [0.1, 0.15) is 55.5 Å². The number of carbonyl (C=O) groups is 2. The molecule has 0 amide bonds. The van der Waals surface area contributed by atoms with Crippen molar-refractivity contribution >= 4 is 11.6 Å². The highest BCUT2D eigenvalue weighted by Crippen LogP contribution is 2.56. The van der Waals surface area contributed by atoms with Crippen LogP contribution in [-0.2, 0) is 4.79 Å². The maximum atomic E-state index is 12.8. The van der Waals surface area contributed by atoms with Gasteiger partial charge >= 0.3 is 0 Å². The Morgan fingerprint density at radius 1 is 1.21 bits per heavy atom. The Morgan fingerprint density at radius 2 is 1.89 bits per heavy atom. The van der Waals surface area contributed by atoms with Gasteiger partial charge < -0.3 is 0 Å². The summed E-state index contributed by atoms with van der Waals surface area (Å²) in [5, 5.41) is 0. The quantitative estimate of drug-likeness (QED) is 0.566. The molecule has 0 aromatic heterocycles. The van der Waals surface area contributed by atoms with Crippen molar-refractivity contribution in [2.75, 3.05) is 0 Å². The van der Waals surface area contributed by atoms with Gasteiger partial charge in [0.05, 0.1) is 0 Å². The Balaban J connectivity index is 2.26. The molecule has 0 N–H and O–H groups in total. The van der Waals surface area contributed by atoms with Crippen LogP contribution in [0, 0.1) is 5.41 Å². The Bertz CT molecular complexity index is 624. The van der Waals surface area contributed by atoms with E-state index in [2.05, 4.69) is 6.92 Å². The number of rotatable bonds is 1. The van der Waals surface area contributed by atoms with E-state index in [1.165, 1.54) is 11.1 Å². The molecule has 1 aromatic carbocycles. The van der Waals surface area contributed by atoms with Crippen molar-refractivity contribution in [1.29, 1.82) is 0 Å². The summed E-state index contributed by atoms with van der Waals surface area (Å²) in [6, 6.07) is 7.72. The third kappa shape index (κ3) is 1.43. The number of allylic oxidation sites excluding steroid dienone is 2. The van der Waals surface area contributed by atoms with Gasteiger partial charge in [0, 0.05) is 11.5 Å². The molecule has 19 heavy (non-hydrogen) atoms. The SMILES string of the molecule is CC(=O)[C@]12CC(C)=C(C)C[C@H]1c1ccccc1C2=O. The molecule has 2 atom stereocenters. The summed E-state index contributed by atoms with van der Waals surface area (Å²) in [4.78, 5) is 25.1. The minimum absolute atomic E-state index is 0.0190. The lowest BCUT2D eigenvalue weighted by atomic mass is 9.63. The predicted octanol–water partition coefficient (Wildman–Crippen LogP) is 3.67. The zero-order valence-corrected chi connectivity index (χ0v) is 11.6. The lowest BCUT2D eigenvalue weighted by Gasteiger charge is -2.37. The first-order chi connectivity index (χ1) is 8.98. The van der Waals surface area contributed by atoms with Crippen molar-refractivity contribution in [2.45, 2.75) is 39.5 Å². The molecule has 0 radical (unpaired) electrons. The summed E-state index contributed by atoms with van der Waals surface area (Å²) >= 11 is 0. The summed E-state index contributed by atoms with van der Waals surface area (Å²) in [6.07, 6.45) is 1.42. The van der Waals surface area contributed by atoms with Crippen LogP contribution < -0.4 is 0 Å². The minimum atomic E-state index is -0.826. The lowest BCUT2D eigenvalue weighted by molar-refractivity contribution is -0.125. The van der Waals surface area contributed by atoms with E-state index in [9.17, 15) is 9.59 Å². The molecule has 98 valence electrons. The van der Waals surface area contributed by atoms with Gasteiger partial charge in [-0.05, 0) is 39.2 Å². The number of carbonyl (C=O) groups excluding carboxylic acids is 2. The molecule has 2 nitrogen and oxygen atoms in total. The molecule has 2 aliphatic rings. The second-order valence-electron chi connectivity index (χ2n) is 5.94. The van der Waals surface area contributed by atoms with Gasteiger partial charge in [-0.15, -0.1) is 0 Å². The van der Waals surface area contributed by atoms with Crippen LogP contribution in [0.15, 0.2) is 35.4 Å². The molecule has 0 bridgehead atoms. The number of ketones is 2. The van der Waals surface area contributed by atoms with Crippen molar-refractivity contribution in [3.05, 3.63) is 46.5 Å². The van der Waals surface area contributed by atoms with E-state index in [0.29, 0.717) is 6.42 Å². The standard InChI is InChI=1S/C17H18O2/c1-10-8-15-13-6-4-5-7-14(13)16(19)17(15,12(3)18)9-11(10)2/h4-7,15H,8-9H2,1-3H3/t15-,17+/m0/s1. The summed E-state index contributed by atoms with van der Waals surface area (Å²) < 4.78 is 0. The third-order valence-corrected chi connectivity index (χ3v) is 4.99. The highest BCUT2D eigenvalue weighted by molar-refractivity contribution is 6.18. The van der Waals surface area contributed by atoms with Gasteiger partial charge in [0.25, 0.3) is 0 Å². The first kappa shape index (κ1) is 12.3. The fourth-order valence-electron chi connectivity index (χ4n) is 3.74. The van der Waals surface area contributed by atoms with Crippen LogP contribution in [0.5, 0.6) is 0 Å². The van der Waals surface area contributed by atoms with Crippen LogP contribution in [0.3, 0.4) is 0 Å². The Morgan fingerprint density at radius 3 is 2.58 bits per heavy atom. The van der Waals surface area contributed by atoms with Crippen molar-refractivity contribution in [2.24, 2.45) is 5.41 Å². The first-order valence-corrected chi connectivity index (χ1v) is 6.78. The van der Waals surface area contributed by atoms with E-state index in [-0.39, 0.29) is 17.5 Å². The summed E-state index contributed by atoms with van der Waals surface area (Å²) in [5.41, 5.74) is 3.52. The highest BCUT2D eigenvalue weighted by Gasteiger charge is 2.57. The van der Waals surface area contributed by atoms with Crippen LogP contribution in [-0.4, -0.2) is 11.6 Å². The van der Waals surface area contributed by atoms with Crippen LogP contribution in [0.25, 0.3) is 0 Å². The van der Waals surface area contributed by atoms with E-state index in [1.807, 2.05) is 31.2 Å². The number of benzene rings is 1. The summed E-state index contributed by atoms with van der Waals surface area (Å²) in [5.74, 6) is 0.0930. The Kier molecular flexibility index (Phi) is 2.53. The number of hydrogen-bond acceptors (Lipinski definition) is 2. The fraction of sp³-hybridized carbons (Fsp3) is 0.412. The Labute approximate surface area is 113 Å². The second-order valence-corrected chi connectivity index (χ2v) is 5.94. The number of fused-ring (bicyclic) bond motifs is 3. The predicted molar refractivity (Wildman–Crippen MR) is 74.2 cm³/mol. The molecule has 0 aliphatic heterocycles. The average molecular weight is 254 g/mol. The largest absolute Gasteiger partial charge is 0.299 e. The molecule has 0 saturated carbocycles. The van der Waals surface area contributed by atoms with Crippen molar-refractivity contribution in [1.82, 2.24) is 0 Å². The highest BCUT2D eigenvalue weighted by atomic mass is 16.2. The summed E-state index contributed by atoms with van der Waals surface area (Å²) in [7, 11) is 0. The van der Waals surface area contributed by atoms with E-state index >= 15 is 0 Å². The van der Waals surface area contributed by atoms with Crippen molar-refractivity contribution in [3.63, 3.8) is 0 Å². The topological polar surface area (TPSA) is 34.1 Å². The normalized spacial score (nSPS) is 29.2. The first-order valence-electron chi connectivity index (χ1n) is 6.78. The van der Waals surface area contributed by atoms with Crippen LogP contribution in [0.2, 0.25) is 0 Å². The minimum Gasteiger partial charge on any atom is -0.299 e. The van der Waals surface area contributed by atoms with Crippen LogP contribution in [0.4, 0.5) is 0 Å². The van der Waals surface area contributed by atoms with E-state index in [1.54, 1.807) is 6.92 Å². The van der Waals surface area contributed by atoms with Gasteiger partial charge in [-0.3, -0.25) is 9.59 Å². The molecular formula is C17H18O2. The molecule has 3 rings (SSSR count). The Hall–Kier alpha value is -1.70. The van der Waals surface area contributed by atoms with Gasteiger partial charge in [-0.25, -0.2) is 0 Å². The molecule has 0 heterocycles. The molecule has 1 aromatic rings. The molecule has 0 fully saturated rings. The summed E-state index contributed by atoms with van der Waals surface area (Å²) in [6.45, 7) is 5.74. The van der Waals surface area contributed by atoms with Gasteiger partial charge in [0.15, 0.2) is 5.78 Å². The zero-order chi connectivity index (χ0) is 13.8. The molecule has 0 spiro atoms. The second kappa shape index (κ2) is 3.89. The van der Waals surface area contributed by atoms with Crippen LogP contribution >= 0.6 is 0 Å². The number of Topliss-reactive ketones (excluding diaryl/α,β-unsaturated/α-hetero) is 2. The van der Waals surface area contributed by atoms with Gasteiger partial charge in [-0.1, -0.05) is 35.4 Å². The monoisotopic (exact) mass is 254 g/mol. The van der Waals surface area contributed by atoms with E-state index in [4.69, 9.17) is 0 Å². The molecule has 0 saturated heterocycles. The van der Waals surface area contributed by atoms with E-state index < -0.39 is 5.41 Å². The van der Waals surface area contributed by atoms with Gasteiger partial charge in [-0.2, -0.15) is 0 Å². The van der Waals surface area contributed by atoms with Crippen molar-refractivity contribution in [3.8, 4) is 0 Å². The van der Waals surface area contributed by atoms with E-state index in [0.717, 1.165) is 17.5 Å². The molecular weight excluding hydrogens is 236 g/mol. The smallest absolute Gasteiger partial charge is 0.177 e. The zero-order valence-electron chi connectivity index (χ0n) is 11.6. The maximum Gasteiger partial charge on any atom is 0.177 e. The molecule has 2 heteroatoms. The van der Waals surface area contributed by atoms with Crippen molar-refractivity contribution < 1.29 is 9.59 Å². The maximum absolute atomic E-state index is 12.8. The lowest BCUT2D eigenvalue weighted by Crippen LogP contribution is -2.41. The fourth-order valence-corrected chi connectivity index (χ4v) is 3.74.